The SMILES string of the molecule is C#C.CCCN(Cc1nc2cccnc2n1-c1ccccc1)c1ncnc2nc[nH]c12. The Morgan fingerprint density at radius 2 is 1.84 bits per heavy atom. The number of rotatable bonds is 6. The first-order valence-electron chi connectivity index (χ1n) is 9.95. The van der Waals surface area contributed by atoms with Gasteiger partial charge in [0.05, 0.1) is 12.9 Å². The molecule has 0 atom stereocenters. The Morgan fingerprint density at radius 3 is 2.65 bits per heavy atom. The van der Waals surface area contributed by atoms with Crippen LogP contribution in [0, 0.1) is 12.8 Å². The maximum Gasteiger partial charge on any atom is 0.182 e. The maximum absolute atomic E-state index is 4.89. The van der Waals surface area contributed by atoms with Gasteiger partial charge in [0.2, 0.25) is 0 Å². The summed E-state index contributed by atoms with van der Waals surface area (Å²) in [4.78, 5) is 27.9. The highest BCUT2D eigenvalue weighted by atomic mass is 15.2. The van der Waals surface area contributed by atoms with E-state index < -0.39 is 0 Å². The number of terminal acetylenes is 1. The third-order valence-corrected chi connectivity index (χ3v) is 4.83. The number of H-pyrrole nitrogens is 1. The number of nitrogens with one attached hydrogen (secondary N) is 1. The number of aromatic nitrogens is 7. The van der Waals surface area contributed by atoms with E-state index in [0.717, 1.165) is 47.0 Å². The van der Waals surface area contributed by atoms with E-state index in [1.807, 2.05) is 30.3 Å². The lowest BCUT2D eigenvalue weighted by molar-refractivity contribution is 0.719. The second-order valence-electron chi connectivity index (χ2n) is 6.77. The molecular weight excluding hydrogens is 388 g/mol. The van der Waals surface area contributed by atoms with Crippen molar-refractivity contribution in [3.05, 3.63) is 67.1 Å². The molecule has 0 amide bonds. The molecular formula is C23H22N8. The Morgan fingerprint density at radius 1 is 1.00 bits per heavy atom. The smallest absolute Gasteiger partial charge is 0.182 e. The van der Waals surface area contributed by atoms with E-state index >= 15 is 0 Å². The van der Waals surface area contributed by atoms with Crippen molar-refractivity contribution in [2.24, 2.45) is 0 Å². The first kappa shape index (κ1) is 20.0. The monoisotopic (exact) mass is 410 g/mol. The number of pyridine rings is 1. The highest BCUT2D eigenvalue weighted by molar-refractivity contribution is 5.82. The first-order valence-corrected chi connectivity index (χ1v) is 9.95. The first-order chi connectivity index (χ1) is 15.3. The van der Waals surface area contributed by atoms with Crippen LogP contribution in [-0.4, -0.2) is 41.0 Å². The molecule has 1 N–H and O–H groups in total. The Balaban J connectivity index is 0.00000112. The van der Waals surface area contributed by atoms with E-state index in [-0.39, 0.29) is 0 Å². The van der Waals surface area contributed by atoms with Crippen LogP contribution in [-0.2, 0) is 6.54 Å². The van der Waals surface area contributed by atoms with Crippen molar-refractivity contribution < 1.29 is 0 Å². The zero-order valence-electron chi connectivity index (χ0n) is 17.2. The van der Waals surface area contributed by atoms with E-state index in [1.165, 1.54) is 0 Å². The number of nitrogens with zero attached hydrogens (tertiary/aromatic N) is 7. The van der Waals surface area contributed by atoms with Gasteiger partial charge in [0.15, 0.2) is 17.1 Å². The minimum atomic E-state index is 0.588. The Bertz CT molecular complexity index is 1300. The number of benzene rings is 1. The Labute approximate surface area is 180 Å². The van der Waals surface area contributed by atoms with Crippen molar-refractivity contribution in [2.45, 2.75) is 19.9 Å². The average Bonchev–Trinajstić information content (AvgIpc) is 3.45. The Kier molecular flexibility index (Phi) is 5.85. The summed E-state index contributed by atoms with van der Waals surface area (Å²) in [5.41, 5.74) is 4.25. The van der Waals surface area contributed by atoms with Crippen LogP contribution in [0.1, 0.15) is 19.2 Å². The number of anilines is 1. The van der Waals surface area contributed by atoms with Gasteiger partial charge >= 0.3 is 0 Å². The van der Waals surface area contributed by atoms with E-state index in [1.54, 1.807) is 18.9 Å². The third-order valence-electron chi connectivity index (χ3n) is 4.83. The number of aromatic amines is 1. The van der Waals surface area contributed by atoms with Crippen molar-refractivity contribution in [3.63, 3.8) is 0 Å². The molecule has 0 unspecified atom stereocenters. The topological polar surface area (TPSA) is 88.4 Å². The predicted octanol–water partition coefficient (Wildman–Crippen LogP) is 3.75. The highest BCUT2D eigenvalue weighted by Crippen LogP contribution is 2.25. The molecule has 0 saturated carbocycles. The fourth-order valence-electron chi connectivity index (χ4n) is 3.61. The molecule has 0 aliphatic heterocycles. The van der Waals surface area contributed by atoms with Gasteiger partial charge < -0.3 is 9.88 Å². The molecule has 0 radical (unpaired) electrons. The third kappa shape index (κ3) is 3.81. The van der Waals surface area contributed by atoms with Crippen LogP contribution in [0.3, 0.4) is 0 Å². The van der Waals surface area contributed by atoms with Gasteiger partial charge in [-0.2, -0.15) is 0 Å². The standard InChI is InChI=1S/C21H20N8.C2H2/c1-2-11-28(21-18-19(24-13-23-18)25-14-26-21)12-17-27-16-9-6-10-22-20(16)29(17)15-7-4-3-5-8-15;1-2/h3-10,13-14H,2,11-12H2,1H3,(H,23,24,25,26);1-2H. The normalized spacial score (nSPS) is 10.7. The molecule has 4 aromatic heterocycles. The fraction of sp³-hybridized carbons (Fsp3) is 0.174. The van der Waals surface area contributed by atoms with E-state index in [2.05, 4.69) is 66.3 Å². The molecule has 0 spiro atoms. The van der Waals surface area contributed by atoms with Crippen LogP contribution >= 0.6 is 0 Å². The minimum absolute atomic E-state index is 0.588. The maximum atomic E-state index is 4.89. The van der Waals surface area contributed by atoms with Crippen LogP contribution < -0.4 is 4.90 Å². The van der Waals surface area contributed by atoms with Gasteiger partial charge in [-0.15, -0.1) is 12.8 Å². The van der Waals surface area contributed by atoms with Gasteiger partial charge in [0.1, 0.15) is 23.2 Å². The summed E-state index contributed by atoms with van der Waals surface area (Å²) in [6, 6.07) is 14.1. The molecule has 0 aliphatic carbocycles. The molecule has 4 heterocycles. The summed E-state index contributed by atoms with van der Waals surface area (Å²) >= 11 is 0. The van der Waals surface area contributed by atoms with Gasteiger partial charge in [0, 0.05) is 18.4 Å². The van der Waals surface area contributed by atoms with Crippen molar-refractivity contribution in [2.75, 3.05) is 11.4 Å². The number of imidazole rings is 2. The van der Waals surface area contributed by atoms with Crippen molar-refractivity contribution >= 4 is 28.1 Å². The fourth-order valence-corrected chi connectivity index (χ4v) is 3.61. The molecule has 5 rings (SSSR count). The summed E-state index contributed by atoms with van der Waals surface area (Å²) in [6.07, 6.45) is 14.0. The van der Waals surface area contributed by atoms with E-state index in [9.17, 15) is 0 Å². The van der Waals surface area contributed by atoms with Gasteiger partial charge in [-0.05, 0) is 30.7 Å². The lowest BCUT2D eigenvalue weighted by Gasteiger charge is -2.23. The number of para-hydroxylation sites is 1. The molecule has 0 bridgehead atoms. The number of fused-ring (bicyclic) bond motifs is 2. The summed E-state index contributed by atoms with van der Waals surface area (Å²) in [5, 5.41) is 0. The van der Waals surface area contributed by atoms with Gasteiger partial charge in [0.25, 0.3) is 0 Å². The van der Waals surface area contributed by atoms with Gasteiger partial charge in [-0.3, -0.25) is 4.57 Å². The van der Waals surface area contributed by atoms with Gasteiger partial charge in [-0.25, -0.2) is 24.9 Å². The molecule has 0 fully saturated rings. The van der Waals surface area contributed by atoms with Crippen molar-refractivity contribution in [1.29, 1.82) is 0 Å². The lowest BCUT2D eigenvalue weighted by Crippen LogP contribution is -2.26. The number of hydrogen-bond acceptors (Lipinski definition) is 6. The summed E-state index contributed by atoms with van der Waals surface area (Å²) in [7, 11) is 0. The average molecular weight is 410 g/mol. The molecule has 154 valence electrons. The van der Waals surface area contributed by atoms with Crippen molar-refractivity contribution in [3.8, 4) is 18.5 Å². The number of hydrogen-bond donors (Lipinski definition) is 1. The van der Waals surface area contributed by atoms with E-state index in [4.69, 9.17) is 4.98 Å². The minimum Gasteiger partial charge on any atom is -0.347 e. The van der Waals surface area contributed by atoms with E-state index in [0.29, 0.717) is 12.2 Å². The molecule has 5 aromatic rings. The molecule has 31 heavy (non-hydrogen) atoms. The van der Waals surface area contributed by atoms with Crippen LogP contribution in [0.2, 0.25) is 0 Å². The van der Waals surface area contributed by atoms with Crippen LogP contribution in [0.25, 0.3) is 28.0 Å². The molecule has 0 saturated heterocycles. The summed E-state index contributed by atoms with van der Waals surface area (Å²) in [5.74, 6) is 1.73. The van der Waals surface area contributed by atoms with Crippen LogP contribution in [0.5, 0.6) is 0 Å². The predicted molar refractivity (Wildman–Crippen MR) is 122 cm³/mol. The summed E-state index contributed by atoms with van der Waals surface area (Å²) in [6.45, 7) is 3.57. The second-order valence-corrected chi connectivity index (χ2v) is 6.77. The largest absolute Gasteiger partial charge is 0.347 e. The lowest BCUT2D eigenvalue weighted by atomic mass is 10.3. The zero-order valence-corrected chi connectivity index (χ0v) is 17.2. The molecule has 1 aromatic carbocycles. The van der Waals surface area contributed by atoms with Crippen LogP contribution in [0.15, 0.2) is 61.3 Å². The highest BCUT2D eigenvalue weighted by Gasteiger charge is 2.19. The molecule has 8 nitrogen and oxygen atoms in total. The Hall–Kier alpha value is -4.25. The second kappa shape index (κ2) is 9.05. The zero-order chi connectivity index (χ0) is 21.6. The van der Waals surface area contributed by atoms with Crippen LogP contribution in [0.4, 0.5) is 5.82 Å². The van der Waals surface area contributed by atoms with Gasteiger partial charge in [-0.1, -0.05) is 25.1 Å². The molecule has 8 heteroatoms. The molecule has 0 aliphatic rings. The quantitative estimate of drug-likeness (QED) is 0.429. The summed E-state index contributed by atoms with van der Waals surface area (Å²) < 4.78 is 2.11. The van der Waals surface area contributed by atoms with Crippen molar-refractivity contribution in [1.82, 2.24) is 34.5 Å².